The van der Waals surface area contributed by atoms with Gasteiger partial charge in [0.2, 0.25) is 11.8 Å². The molecular weight excluding hydrogens is 530 g/mol. The average Bonchev–Trinajstić information content (AvgIpc) is 3.59. The van der Waals surface area contributed by atoms with Gasteiger partial charge >= 0.3 is 0 Å². The minimum absolute atomic E-state index is 0.0342. The number of hydrogen-bond donors (Lipinski definition) is 5. The number of amides is 4. The first-order valence-electron chi connectivity index (χ1n) is 13.4. The zero-order valence-electron chi connectivity index (χ0n) is 22.8. The standard InChI is InChI=1S/C28H35N7O4S/c1-16(2)23-28-34-22(15-40-28)27(39)33-20(13-18-9-5-4-6-10-18)24(36)29-12-8-7-11-19(25(37)35-23)32-26(38)21-14-30-17(3)31-21/h4-6,9-10,14-16,19-20,23H,7-8,11-13H2,1-3H3,(H,29,36)(H,30,31)(H,32,38)(H,33,39)(H,35,37)/t19-,20+,23+/m0/s1. The molecule has 3 aromatic rings. The Morgan fingerprint density at radius 1 is 1.10 bits per heavy atom. The van der Waals surface area contributed by atoms with Crippen LogP contribution in [0.3, 0.4) is 0 Å². The van der Waals surface area contributed by atoms with E-state index in [-0.39, 0.29) is 29.1 Å². The van der Waals surface area contributed by atoms with E-state index in [0.29, 0.717) is 43.1 Å². The van der Waals surface area contributed by atoms with Gasteiger partial charge in [-0.2, -0.15) is 0 Å². The molecule has 3 atom stereocenters. The third-order valence-corrected chi connectivity index (χ3v) is 7.61. The molecule has 1 aliphatic heterocycles. The molecule has 1 aromatic carbocycles. The highest BCUT2D eigenvalue weighted by atomic mass is 32.1. The quantitative estimate of drug-likeness (QED) is 0.320. The molecule has 4 rings (SSSR count). The van der Waals surface area contributed by atoms with Crippen LogP contribution in [0.4, 0.5) is 0 Å². The van der Waals surface area contributed by atoms with Crippen molar-refractivity contribution in [3.63, 3.8) is 0 Å². The highest BCUT2D eigenvalue weighted by Gasteiger charge is 2.29. The number of imidazole rings is 1. The number of thiazole rings is 1. The predicted octanol–water partition coefficient (Wildman–Crippen LogP) is 2.43. The third kappa shape index (κ3) is 7.53. The summed E-state index contributed by atoms with van der Waals surface area (Å²) in [5, 5.41) is 13.8. The summed E-state index contributed by atoms with van der Waals surface area (Å²) in [5.74, 6) is -0.966. The molecule has 0 saturated heterocycles. The van der Waals surface area contributed by atoms with Crippen LogP contribution in [0, 0.1) is 12.8 Å². The minimum Gasteiger partial charge on any atom is -0.354 e. The first kappa shape index (κ1) is 28.9. The third-order valence-electron chi connectivity index (χ3n) is 6.68. The van der Waals surface area contributed by atoms with E-state index in [9.17, 15) is 19.2 Å². The molecule has 212 valence electrons. The second-order valence-corrected chi connectivity index (χ2v) is 11.1. The summed E-state index contributed by atoms with van der Waals surface area (Å²) in [7, 11) is 0. The molecule has 12 heteroatoms. The van der Waals surface area contributed by atoms with Crippen LogP contribution in [0.2, 0.25) is 0 Å². The lowest BCUT2D eigenvalue weighted by Crippen LogP contribution is -2.49. The molecule has 0 aliphatic carbocycles. The Morgan fingerprint density at radius 2 is 1.88 bits per heavy atom. The maximum atomic E-state index is 13.4. The van der Waals surface area contributed by atoms with Crippen LogP contribution in [-0.4, -0.2) is 57.2 Å². The van der Waals surface area contributed by atoms with Crippen LogP contribution in [-0.2, 0) is 16.0 Å². The van der Waals surface area contributed by atoms with Gasteiger partial charge in [-0.1, -0.05) is 44.2 Å². The lowest BCUT2D eigenvalue weighted by molar-refractivity contribution is -0.124. The lowest BCUT2D eigenvalue weighted by Gasteiger charge is -2.25. The molecule has 0 saturated carbocycles. The fraction of sp³-hybridized carbons (Fsp3) is 0.429. The molecular formula is C28H35N7O4S. The number of hydrogen-bond acceptors (Lipinski definition) is 7. The van der Waals surface area contributed by atoms with Gasteiger partial charge in [0.25, 0.3) is 11.8 Å². The van der Waals surface area contributed by atoms with Gasteiger partial charge in [-0.15, -0.1) is 11.3 Å². The smallest absolute Gasteiger partial charge is 0.271 e. The molecule has 3 heterocycles. The summed E-state index contributed by atoms with van der Waals surface area (Å²) in [6.07, 6.45) is 3.30. The summed E-state index contributed by atoms with van der Waals surface area (Å²) in [5.41, 5.74) is 1.37. The predicted molar refractivity (Wildman–Crippen MR) is 151 cm³/mol. The number of H-pyrrole nitrogens is 1. The van der Waals surface area contributed by atoms with E-state index < -0.39 is 29.9 Å². The van der Waals surface area contributed by atoms with E-state index >= 15 is 0 Å². The van der Waals surface area contributed by atoms with Crippen LogP contribution < -0.4 is 21.3 Å². The van der Waals surface area contributed by atoms with Crippen molar-refractivity contribution in [2.45, 2.75) is 64.6 Å². The first-order chi connectivity index (χ1) is 19.2. The molecule has 11 nitrogen and oxygen atoms in total. The highest BCUT2D eigenvalue weighted by molar-refractivity contribution is 7.09. The number of carbonyl (C=O) groups is 4. The average molecular weight is 566 g/mol. The monoisotopic (exact) mass is 565 g/mol. The van der Waals surface area contributed by atoms with E-state index in [4.69, 9.17) is 0 Å². The summed E-state index contributed by atoms with van der Waals surface area (Å²) >= 11 is 1.26. The van der Waals surface area contributed by atoms with E-state index in [1.807, 2.05) is 44.2 Å². The molecule has 0 fully saturated rings. The molecule has 1 aliphatic rings. The number of aromatic nitrogens is 3. The fourth-order valence-corrected chi connectivity index (χ4v) is 5.46. The Hall–Kier alpha value is -4.06. The van der Waals surface area contributed by atoms with Gasteiger partial charge in [0, 0.05) is 18.3 Å². The minimum atomic E-state index is -0.811. The van der Waals surface area contributed by atoms with Crippen LogP contribution in [0.25, 0.3) is 0 Å². The van der Waals surface area contributed by atoms with E-state index in [1.54, 1.807) is 12.3 Å². The van der Waals surface area contributed by atoms with Crippen molar-refractivity contribution >= 4 is 35.0 Å². The normalized spacial score (nSPS) is 20.9. The maximum Gasteiger partial charge on any atom is 0.271 e. The zero-order chi connectivity index (χ0) is 28.6. The van der Waals surface area contributed by atoms with Crippen molar-refractivity contribution in [3.8, 4) is 0 Å². The molecule has 4 amide bonds. The Morgan fingerprint density at radius 3 is 2.58 bits per heavy atom. The lowest BCUT2D eigenvalue weighted by atomic mass is 10.0. The van der Waals surface area contributed by atoms with Crippen molar-refractivity contribution < 1.29 is 19.2 Å². The molecule has 0 unspecified atom stereocenters. The van der Waals surface area contributed by atoms with Gasteiger partial charge in [-0.3, -0.25) is 19.2 Å². The number of nitrogens with one attached hydrogen (secondary N) is 5. The van der Waals surface area contributed by atoms with Gasteiger partial charge in [0.1, 0.15) is 34.3 Å². The Labute approximate surface area is 237 Å². The number of benzene rings is 1. The van der Waals surface area contributed by atoms with E-state index in [2.05, 4.69) is 36.2 Å². The zero-order valence-corrected chi connectivity index (χ0v) is 23.6. The molecule has 5 N–H and O–H groups in total. The molecule has 2 aromatic heterocycles. The Bertz CT molecular complexity index is 1340. The van der Waals surface area contributed by atoms with Crippen LogP contribution in [0.5, 0.6) is 0 Å². The Balaban J connectivity index is 1.57. The summed E-state index contributed by atoms with van der Waals surface area (Å²) < 4.78 is 0. The number of fused-ring (bicyclic) bond motifs is 2. The topological polar surface area (TPSA) is 158 Å². The van der Waals surface area contributed by atoms with Crippen molar-refractivity contribution in [1.82, 2.24) is 36.2 Å². The first-order valence-corrected chi connectivity index (χ1v) is 14.3. The van der Waals surface area contributed by atoms with Crippen LogP contribution >= 0.6 is 11.3 Å². The van der Waals surface area contributed by atoms with Crippen molar-refractivity contribution in [2.24, 2.45) is 5.92 Å². The number of rotatable bonds is 5. The molecule has 2 bridgehead atoms. The van der Waals surface area contributed by atoms with Gasteiger partial charge < -0.3 is 26.3 Å². The Kier molecular flexibility index (Phi) is 9.65. The number of aromatic amines is 1. The fourth-order valence-electron chi connectivity index (χ4n) is 4.44. The second-order valence-electron chi connectivity index (χ2n) is 10.2. The van der Waals surface area contributed by atoms with Crippen molar-refractivity contribution in [2.75, 3.05) is 6.54 Å². The van der Waals surface area contributed by atoms with Crippen molar-refractivity contribution in [1.29, 1.82) is 0 Å². The maximum absolute atomic E-state index is 13.4. The van der Waals surface area contributed by atoms with Crippen LogP contribution in [0.15, 0.2) is 41.9 Å². The summed E-state index contributed by atoms with van der Waals surface area (Å²) in [6.45, 7) is 6.00. The highest BCUT2D eigenvalue weighted by Crippen LogP contribution is 2.26. The largest absolute Gasteiger partial charge is 0.354 e. The van der Waals surface area contributed by atoms with Crippen LogP contribution in [0.1, 0.15) is 76.5 Å². The number of nitrogens with zero attached hydrogens (tertiary/aromatic N) is 2. The van der Waals surface area contributed by atoms with E-state index in [0.717, 1.165) is 5.56 Å². The number of carbonyl (C=O) groups excluding carboxylic acids is 4. The van der Waals surface area contributed by atoms with Gasteiger partial charge in [0.05, 0.1) is 12.2 Å². The summed E-state index contributed by atoms with van der Waals surface area (Å²) in [6, 6.07) is 7.44. The molecule has 40 heavy (non-hydrogen) atoms. The van der Waals surface area contributed by atoms with Gasteiger partial charge in [-0.05, 0) is 37.7 Å². The van der Waals surface area contributed by atoms with E-state index in [1.165, 1.54) is 17.5 Å². The summed E-state index contributed by atoms with van der Waals surface area (Å²) in [4.78, 5) is 64.0. The van der Waals surface area contributed by atoms with Gasteiger partial charge in [-0.25, -0.2) is 9.97 Å². The number of aryl methyl sites for hydroxylation is 1. The van der Waals surface area contributed by atoms with Crippen molar-refractivity contribution in [3.05, 3.63) is 69.7 Å². The SMILES string of the molecule is Cc1ncc(C(=O)N[C@H]2CCCCNC(=O)[C@@H](Cc3ccccc3)NC(=O)c3csc(n3)[C@@H](C(C)C)NC2=O)[nH]1. The van der Waals surface area contributed by atoms with Gasteiger partial charge in [0.15, 0.2) is 0 Å². The molecule has 0 radical (unpaired) electrons. The second kappa shape index (κ2) is 13.3. The molecule has 0 spiro atoms.